The van der Waals surface area contributed by atoms with Crippen LogP contribution in [0.4, 0.5) is 5.82 Å². The zero-order valence-corrected chi connectivity index (χ0v) is 24.7. The van der Waals surface area contributed by atoms with Gasteiger partial charge in [0.15, 0.2) is 5.65 Å². The van der Waals surface area contributed by atoms with Gasteiger partial charge in [-0.2, -0.15) is 5.26 Å². The van der Waals surface area contributed by atoms with Crippen molar-refractivity contribution in [1.82, 2.24) is 14.3 Å². The van der Waals surface area contributed by atoms with E-state index < -0.39 is 0 Å². The molecule has 42 heavy (non-hydrogen) atoms. The van der Waals surface area contributed by atoms with Crippen molar-refractivity contribution < 1.29 is 0 Å². The molecular formula is C36H32ClN5. The van der Waals surface area contributed by atoms with E-state index in [1.807, 2.05) is 24.3 Å². The first-order chi connectivity index (χ1) is 20.5. The Labute approximate surface area is 251 Å². The number of rotatable bonds is 5. The lowest BCUT2D eigenvalue weighted by Crippen LogP contribution is -2.47. The van der Waals surface area contributed by atoms with Gasteiger partial charge in [-0.1, -0.05) is 72.3 Å². The summed E-state index contributed by atoms with van der Waals surface area (Å²) in [6, 6.07) is 31.9. The summed E-state index contributed by atoms with van der Waals surface area (Å²) < 4.78 is 2.23. The predicted octanol–water partition coefficient (Wildman–Crippen LogP) is 7.70. The fraction of sp³-hybridized carbons (Fsp3) is 0.222. The highest BCUT2D eigenvalue weighted by molar-refractivity contribution is 6.30. The number of anilines is 1. The highest BCUT2D eigenvalue weighted by Crippen LogP contribution is 2.35. The number of nitrogens with zero attached hydrogens (tertiary/aromatic N) is 5. The zero-order chi connectivity index (χ0) is 28.8. The highest BCUT2D eigenvalue weighted by atomic mass is 35.5. The van der Waals surface area contributed by atoms with Gasteiger partial charge in [0, 0.05) is 49.7 Å². The van der Waals surface area contributed by atoms with Crippen LogP contribution in [-0.2, 0) is 13.0 Å². The van der Waals surface area contributed by atoms with Gasteiger partial charge in [0.25, 0.3) is 0 Å². The van der Waals surface area contributed by atoms with Crippen molar-refractivity contribution in [2.45, 2.75) is 26.8 Å². The first-order valence-corrected chi connectivity index (χ1v) is 14.9. The van der Waals surface area contributed by atoms with Crippen LogP contribution in [0.3, 0.4) is 0 Å². The summed E-state index contributed by atoms with van der Waals surface area (Å²) in [5.74, 6) is 1.14. The van der Waals surface area contributed by atoms with Crippen LogP contribution in [0.25, 0.3) is 27.5 Å². The summed E-state index contributed by atoms with van der Waals surface area (Å²) in [5, 5.41) is 13.7. The molecule has 6 heteroatoms. The van der Waals surface area contributed by atoms with Crippen LogP contribution in [0.15, 0.2) is 84.9 Å². The van der Waals surface area contributed by atoms with Gasteiger partial charge in [-0.15, -0.1) is 0 Å². The third-order valence-electron chi connectivity index (χ3n) is 8.83. The maximum absolute atomic E-state index is 10.3. The first kappa shape index (κ1) is 26.5. The molecule has 2 aromatic heterocycles. The third kappa shape index (κ3) is 4.58. The van der Waals surface area contributed by atoms with Crippen LogP contribution >= 0.6 is 11.6 Å². The fourth-order valence-electron chi connectivity index (χ4n) is 6.51. The number of imidazole rings is 1. The van der Waals surface area contributed by atoms with Crippen LogP contribution in [0.1, 0.15) is 33.4 Å². The average molecular weight is 570 g/mol. The normalized spacial score (nSPS) is 14.2. The van der Waals surface area contributed by atoms with E-state index in [0.717, 1.165) is 65.8 Å². The number of aromatic nitrogens is 2. The Morgan fingerprint density at radius 3 is 2.36 bits per heavy atom. The molecule has 1 saturated heterocycles. The van der Waals surface area contributed by atoms with Crippen molar-refractivity contribution in [2.75, 3.05) is 31.1 Å². The van der Waals surface area contributed by atoms with E-state index in [9.17, 15) is 5.26 Å². The minimum absolute atomic E-state index is 0.643. The summed E-state index contributed by atoms with van der Waals surface area (Å²) in [5.41, 5.74) is 9.42. The Balaban J connectivity index is 1.29. The topological polar surface area (TPSA) is 47.6 Å². The van der Waals surface area contributed by atoms with Crippen molar-refractivity contribution >= 4 is 44.9 Å². The van der Waals surface area contributed by atoms with Crippen LogP contribution < -0.4 is 4.90 Å². The molecule has 1 fully saturated rings. The highest BCUT2D eigenvalue weighted by Gasteiger charge is 2.27. The summed E-state index contributed by atoms with van der Waals surface area (Å²) in [6.07, 6.45) is 0.713. The first-order valence-electron chi connectivity index (χ1n) is 14.5. The third-order valence-corrected chi connectivity index (χ3v) is 9.08. The minimum Gasteiger partial charge on any atom is -0.355 e. The summed E-state index contributed by atoms with van der Waals surface area (Å²) in [6.45, 7) is 8.93. The van der Waals surface area contributed by atoms with Crippen molar-refractivity contribution in [3.63, 3.8) is 0 Å². The Morgan fingerprint density at radius 2 is 1.57 bits per heavy atom. The number of hydrogen-bond acceptors (Lipinski definition) is 4. The van der Waals surface area contributed by atoms with E-state index in [4.69, 9.17) is 16.6 Å². The molecule has 0 unspecified atom stereocenters. The molecule has 1 aliphatic heterocycles. The van der Waals surface area contributed by atoms with Gasteiger partial charge in [0.1, 0.15) is 11.9 Å². The number of nitriles is 1. The fourth-order valence-corrected chi connectivity index (χ4v) is 6.64. The van der Waals surface area contributed by atoms with Crippen molar-refractivity contribution in [3.05, 3.63) is 123 Å². The van der Waals surface area contributed by atoms with Crippen LogP contribution in [0, 0.1) is 25.2 Å². The lowest BCUT2D eigenvalue weighted by molar-refractivity contribution is 0.249. The Kier molecular flexibility index (Phi) is 6.82. The largest absolute Gasteiger partial charge is 0.355 e. The predicted molar refractivity (Wildman–Crippen MR) is 173 cm³/mol. The molecule has 0 radical (unpaired) electrons. The number of para-hydroxylation sites is 2. The molecule has 0 bridgehead atoms. The lowest BCUT2D eigenvalue weighted by Gasteiger charge is -2.38. The molecule has 0 spiro atoms. The monoisotopic (exact) mass is 569 g/mol. The summed E-state index contributed by atoms with van der Waals surface area (Å²) in [4.78, 5) is 10.0. The molecule has 5 nitrogen and oxygen atoms in total. The molecule has 7 rings (SSSR count). The average Bonchev–Trinajstić information content (AvgIpc) is 3.39. The molecular weight excluding hydrogens is 538 g/mol. The Bertz CT molecular complexity index is 1990. The molecule has 6 aromatic rings. The van der Waals surface area contributed by atoms with Gasteiger partial charge in [0.05, 0.1) is 16.6 Å². The number of halogens is 1. The molecule has 0 amide bonds. The van der Waals surface area contributed by atoms with E-state index in [2.05, 4.69) is 94.8 Å². The molecule has 0 saturated carbocycles. The van der Waals surface area contributed by atoms with Crippen LogP contribution in [0.2, 0.25) is 5.02 Å². The second-order valence-electron chi connectivity index (χ2n) is 11.3. The maximum atomic E-state index is 10.3. The standard InChI is InChI=1S/C36H32ClN5/c1-24-11-14-27-7-3-4-8-29(27)32(24)23-40-17-19-41(20-18-40)36-30(21-26-12-15-28(37)16-13-26)25(2)31(22-38)35-39-33-9-5-6-10-34(33)42(35)36/h3-16H,17-21,23H2,1-2H3. The lowest BCUT2D eigenvalue weighted by atomic mass is 9.97. The molecule has 4 aromatic carbocycles. The van der Waals surface area contributed by atoms with E-state index in [0.29, 0.717) is 12.0 Å². The SMILES string of the molecule is Cc1ccc2ccccc2c1CN1CCN(c2c(Cc3ccc(Cl)cc3)c(C)c(C#N)c3nc4ccccc4n23)CC1. The molecule has 3 heterocycles. The van der Waals surface area contributed by atoms with Crippen molar-refractivity contribution in [2.24, 2.45) is 0 Å². The second-order valence-corrected chi connectivity index (χ2v) is 11.8. The molecule has 0 aliphatic carbocycles. The number of benzene rings is 4. The number of hydrogen-bond donors (Lipinski definition) is 0. The van der Waals surface area contributed by atoms with E-state index >= 15 is 0 Å². The Morgan fingerprint density at radius 1 is 0.833 bits per heavy atom. The van der Waals surface area contributed by atoms with Gasteiger partial charge >= 0.3 is 0 Å². The zero-order valence-electron chi connectivity index (χ0n) is 23.9. The van der Waals surface area contributed by atoms with Gasteiger partial charge in [0.2, 0.25) is 0 Å². The van der Waals surface area contributed by atoms with Crippen LogP contribution in [0.5, 0.6) is 0 Å². The van der Waals surface area contributed by atoms with Gasteiger partial charge in [-0.25, -0.2) is 4.98 Å². The van der Waals surface area contributed by atoms with E-state index in [1.54, 1.807) is 0 Å². The van der Waals surface area contributed by atoms with Gasteiger partial charge < -0.3 is 4.90 Å². The molecule has 1 aliphatic rings. The smallest absolute Gasteiger partial charge is 0.157 e. The Hall–Kier alpha value is -4.37. The number of aryl methyl sites for hydroxylation is 1. The molecule has 0 N–H and O–H groups in total. The molecule has 0 atom stereocenters. The van der Waals surface area contributed by atoms with Gasteiger partial charge in [-0.05, 0) is 71.1 Å². The number of piperazine rings is 1. The quantitative estimate of drug-likeness (QED) is 0.213. The van der Waals surface area contributed by atoms with E-state index in [-0.39, 0.29) is 0 Å². The number of pyridine rings is 1. The molecule has 208 valence electrons. The van der Waals surface area contributed by atoms with Crippen molar-refractivity contribution in [3.8, 4) is 6.07 Å². The van der Waals surface area contributed by atoms with E-state index in [1.165, 1.54) is 33.0 Å². The number of fused-ring (bicyclic) bond motifs is 4. The maximum Gasteiger partial charge on any atom is 0.157 e. The van der Waals surface area contributed by atoms with Gasteiger partial charge in [-0.3, -0.25) is 9.30 Å². The van der Waals surface area contributed by atoms with Crippen LogP contribution in [-0.4, -0.2) is 40.5 Å². The van der Waals surface area contributed by atoms with Crippen molar-refractivity contribution in [1.29, 1.82) is 5.26 Å². The second kappa shape index (κ2) is 10.8. The summed E-state index contributed by atoms with van der Waals surface area (Å²) >= 11 is 6.22. The summed E-state index contributed by atoms with van der Waals surface area (Å²) in [7, 11) is 0. The minimum atomic E-state index is 0.643.